The Kier molecular flexibility index (Phi) is 9.90. The number of methoxy groups -OCH3 is 1. The number of aldehydes is 1. The Balaban J connectivity index is 0.000000361. The molecule has 0 aliphatic heterocycles. The molecule has 0 spiro atoms. The standard InChI is InChI=1S/C8H8O2.C6H14N2O2/c1-10-8-5-3-2-4-7(8)6-9;7-4-2-1-3-5(8)6(9)10/h2-6H,1H3;5H,1-4,7-8H2,(H,9,10)/t;5-/m.0/s1. The van der Waals surface area contributed by atoms with Crippen LogP contribution in [0.3, 0.4) is 0 Å². The molecule has 6 heteroatoms. The normalized spacial score (nSPS) is 10.9. The van der Waals surface area contributed by atoms with Crippen LogP contribution in [0.4, 0.5) is 0 Å². The summed E-state index contributed by atoms with van der Waals surface area (Å²) < 4.78 is 4.90. The van der Waals surface area contributed by atoms with Gasteiger partial charge in [-0.15, -0.1) is 0 Å². The zero-order chi connectivity index (χ0) is 15.4. The molecule has 0 aliphatic carbocycles. The first kappa shape index (κ1) is 18.1. The van der Waals surface area contributed by atoms with Gasteiger partial charge >= 0.3 is 5.97 Å². The van der Waals surface area contributed by atoms with Crippen molar-refractivity contribution < 1.29 is 19.4 Å². The minimum absolute atomic E-state index is 0.520. The van der Waals surface area contributed by atoms with E-state index in [4.69, 9.17) is 21.3 Å². The van der Waals surface area contributed by atoms with Crippen LogP contribution in [0, 0.1) is 0 Å². The van der Waals surface area contributed by atoms with Gasteiger partial charge in [-0.1, -0.05) is 18.6 Å². The van der Waals surface area contributed by atoms with Crippen molar-refractivity contribution in [3.8, 4) is 5.75 Å². The number of hydrogen-bond acceptors (Lipinski definition) is 5. The number of rotatable bonds is 7. The fourth-order valence-electron chi connectivity index (χ4n) is 1.40. The summed E-state index contributed by atoms with van der Waals surface area (Å²) >= 11 is 0. The first-order valence-corrected chi connectivity index (χ1v) is 6.33. The van der Waals surface area contributed by atoms with E-state index in [1.807, 2.05) is 6.07 Å². The second-order valence-corrected chi connectivity index (χ2v) is 4.09. The highest BCUT2D eigenvalue weighted by Crippen LogP contribution is 2.13. The number of para-hydroxylation sites is 1. The Labute approximate surface area is 118 Å². The van der Waals surface area contributed by atoms with Crippen LogP contribution in [0.2, 0.25) is 0 Å². The van der Waals surface area contributed by atoms with Gasteiger partial charge in [0.2, 0.25) is 0 Å². The summed E-state index contributed by atoms with van der Waals surface area (Å²) in [4.78, 5) is 20.4. The maximum atomic E-state index is 10.3. The fraction of sp³-hybridized carbons (Fsp3) is 0.429. The predicted octanol–water partition coefficient (Wildman–Crippen LogP) is 1.04. The van der Waals surface area contributed by atoms with Gasteiger partial charge in [0.15, 0.2) is 6.29 Å². The Bertz CT molecular complexity index is 410. The third-order valence-corrected chi connectivity index (χ3v) is 2.55. The van der Waals surface area contributed by atoms with E-state index in [0.717, 1.165) is 19.1 Å². The zero-order valence-electron chi connectivity index (χ0n) is 11.6. The molecule has 0 aliphatic rings. The van der Waals surface area contributed by atoms with Crippen LogP contribution in [0.5, 0.6) is 5.75 Å². The molecule has 0 saturated carbocycles. The van der Waals surface area contributed by atoms with Crippen LogP contribution in [-0.2, 0) is 4.79 Å². The minimum atomic E-state index is -0.933. The third kappa shape index (κ3) is 7.50. The largest absolute Gasteiger partial charge is 0.496 e. The van der Waals surface area contributed by atoms with E-state index in [1.54, 1.807) is 25.3 Å². The zero-order valence-corrected chi connectivity index (χ0v) is 11.6. The van der Waals surface area contributed by atoms with Gasteiger partial charge in [-0.05, 0) is 31.5 Å². The number of carbonyl (C=O) groups is 2. The summed E-state index contributed by atoms with van der Waals surface area (Å²) in [6.45, 7) is 0.604. The van der Waals surface area contributed by atoms with Gasteiger partial charge in [0.25, 0.3) is 0 Å². The Hall–Kier alpha value is -1.92. The lowest BCUT2D eigenvalue weighted by molar-refractivity contribution is -0.138. The van der Waals surface area contributed by atoms with E-state index in [1.165, 1.54) is 0 Å². The molecule has 6 nitrogen and oxygen atoms in total. The summed E-state index contributed by atoms with van der Waals surface area (Å²) in [5.41, 5.74) is 11.0. The minimum Gasteiger partial charge on any atom is -0.496 e. The average molecular weight is 282 g/mol. The van der Waals surface area contributed by atoms with Crippen molar-refractivity contribution >= 4 is 12.3 Å². The van der Waals surface area contributed by atoms with E-state index in [9.17, 15) is 9.59 Å². The van der Waals surface area contributed by atoms with Crippen molar-refractivity contribution in [1.82, 2.24) is 0 Å². The molecule has 0 unspecified atom stereocenters. The van der Waals surface area contributed by atoms with Crippen molar-refractivity contribution in [3.05, 3.63) is 29.8 Å². The number of hydrogen-bond donors (Lipinski definition) is 3. The number of carboxylic acid groups (broad SMARTS) is 1. The van der Waals surface area contributed by atoms with Crippen molar-refractivity contribution in [1.29, 1.82) is 0 Å². The molecule has 20 heavy (non-hydrogen) atoms. The van der Waals surface area contributed by atoms with E-state index < -0.39 is 12.0 Å². The van der Waals surface area contributed by atoms with Crippen LogP contribution >= 0.6 is 0 Å². The summed E-state index contributed by atoms with van der Waals surface area (Å²) in [6, 6.07) is 6.37. The highest BCUT2D eigenvalue weighted by molar-refractivity contribution is 5.79. The number of unbranched alkanes of at least 4 members (excludes halogenated alkanes) is 1. The molecule has 0 amide bonds. The Morgan fingerprint density at radius 3 is 2.50 bits per heavy atom. The van der Waals surface area contributed by atoms with E-state index >= 15 is 0 Å². The molecule has 1 aromatic carbocycles. The third-order valence-electron chi connectivity index (χ3n) is 2.55. The monoisotopic (exact) mass is 282 g/mol. The molecular formula is C14H22N2O4. The first-order valence-electron chi connectivity index (χ1n) is 6.33. The van der Waals surface area contributed by atoms with Gasteiger partial charge < -0.3 is 21.3 Å². The number of nitrogens with two attached hydrogens (primary N) is 2. The molecular weight excluding hydrogens is 260 g/mol. The summed E-state index contributed by atoms with van der Waals surface area (Å²) in [7, 11) is 1.54. The van der Waals surface area contributed by atoms with E-state index in [0.29, 0.717) is 24.3 Å². The highest BCUT2D eigenvalue weighted by atomic mass is 16.5. The van der Waals surface area contributed by atoms with Gasteiger partial charge in [0, 0.05) is 0 Å². The number of ether oxygens (including phenoxy) is 1. The van der Waals surface area contributed by atoms with Crippen LogP contribution in [-0.4, -0.2) is 37.1 Å². The summed E-state index contributed by atoms with van der Waals surface area (Å²) in [5, 5.41) is 8.33. The highest BCUT2D eigenvalue weighted by Gasteiger charge is 2.09. The van der Waals surface area contributed by atoms with Crippen LogP contribution in [0.15, 0.2) is 24.3 Å². The van der Waals surface area contributed by atoms with Crippen molar-refractivity contribution in [2.75, 3.05) is 13.7 Å². The molecule has 0 radical (unpaired) electrons. The van der Waals surface area contributed by atoms with E-state index in [2.05, 4.69) is 0 Å². The average Bonchev–Trinajstić information content (AvgIpc) is 2.47. The molecule has 5 N–H and O–H groups in total. The number of aliphatic carboxylic acids is 1. The van der Waals surface area contributed by atoms with Gasteiger partial charge in [-0.25, -0.2) is 0 Å². The number of carbonyl (C=O) groups excluding carboxylic acids is 1. The van der Waals surface area contributed by atoms with Gasteiger partial charge in [0.1, 0.15) is 11.8 Å². The van der Waals surface area contributed by atoms with Crippen LogP contribution in [0.25, 0.3) is 0 Å². The lowest BCUT2D eigenvalue weighted by Crippen LogP contribution is -2.29. The molecule has 1 rings (SSSR count). The smallest absolute Gasteiger partial charge is 0.320 e. The van der Waals surface area contributed by atoms with Gasteiger partial charge in [-0.2, -0.15) is 0 Å². The predicted molar refractivity (Wildman–Crippen MR) is 76.9 cm³/mol. The Morgan fingerprint density at radius 1 is 1.40 bits per heavy atom. The summed E-state index contributed by atoms with van der Waals surface area (Å²) in [6.07, 6.45) is 2.94. The molecule has 0 saturated heterocycles. The second-order valence-electron chi connectivity index (χ2n) is 4.09. The summed E-state index contributed by atoms with van der Waals surface area (Å²) in [5.74, 6) is -0.311. The molecule has 1 atom stereocenters. The number of carboxylic acids is 1. The van der Waals surface area contributed by atoms with Crippen molar-refractivity contribution in [2.24, 2.45) is 11.5 Å². The molecule has 0 bridgehead atoms. The molecule has 0 aromatic heterocycles. The van der Waals surface area contributed by atoms with Gasteiger partial charge in [-0.3, -0.25) is 9.59 Å². The Morgan fingerprint density at radius 2 is 2.05 bits per heavy atom. The molecule has 1 aromatic rings. The fourth-order valence-corrected chi connectivity index (χ4v) is 1.40. The van der Waals surface area contributed by atoms with Crippen LogP contribution in [0.1, 0.15) is 29.6 Å². The molecule has 0 heterocycles. The number of benzene rings is 1. The second kappa shape index (κ2) is 11.0. The lowest BCUT2D eigenvalue weighted by atomic mass is 10.1. The maximum absolute atomic E-state index is 10.3. The molecule has 0 fully saturated rings. The first-order chi connectivity index (χ1) is 9.56. The maximum Gasteiger partial charge on any atom is 0.320 e. The SMILES string of the molecule is COc1ccccc1C=O.NCCCC[C@H](N)C(=O)O. The van der Waals surface area contributed by atoms with Gasteiger partial charge in [0.05, 0.1) is 12.7 Å². The van der Waals surface area contributed by atoms with Crippen molar-refractivity contribution in [3.63, 3.8) is 0 Å². The van der Waals surface area contributed by atoms with Crippen molar-refractivity contribution in [2.45, 2.75) is 25.3 Å². The molecule has 112 valence electrons. The lowest BCUT2D eigenvalue weighted by Gasteiger charge is -2.03. The topological polar surface area (TPSA) is 116 Å². The van der Waals surface area contributed by atoms with Crippen LogP contribution < -0.4 is 16.2 Å². The quantitative estimate of drug-likeness (QED) is 0.508. The van der Waals surface area contributed by atoms with E-state index in [-0.39, 0.29) is 0 Å².